The van der Waals surface area contributed by atoms with Crippen molar-refractivity contribution in [2.45, 2.75) is 26.1 Å². The van der Waals surface area contributed by atoms with Crippen LogP contribution in [0.2, 0.25) is 0 Å². The fourth-order valence-electron chi connectivity index (χ4n) is 2.32. The van der Waals surface area contributed by atoms with E-state index < -0.39 is 23.2 Å². The van der Waals surface area contributed by atoms with E-state index in [-0.39, 0.29) is 17.9 Å². The smallest absolute Gasteiger partial charge is 0.338 e. The lowest BCUT2D eigenvalue weighted by Crippen LogP contribution is -2.45. The first-order chi connectivity index (χ1) is 8.88. The van der Waals surface area contributed by atoms with E-state index in [9.17, 15) is 13.6 Å². The van der Waals surface area contributed by atoms with E-state index in [1.165, 1.54) is 0 Å². The number of anilines is 1. The molecule has 0 radical (unpaired) electrons. The summed E-state index contributed by atoms with van der Waals surface area (Å²) in [5.41, 5.74) is -0.583. The summed E-state index contributed by atoms with van der Waals surface area (Å²) < 4.78 is 33.1. The molecule has 4 nitrogen and oxygen atoms in total. The normalized spacial score (nSPS) is 23.5. The monoisotopic (exact) mass is 271 g/mol. The van der Waals surface area contributed by atoms with Crippen molar-refractivity contribution in [2.24, 2.45) is 0 Å². The van der Waals surface area contributed by atoms with Gasteiger partial charge in [-0.05, 0) is 19.9 Å². The number of hydrogen-bond donors (Lipinski definition) is 1. The van der Waals surface area contributed by atoms with Crippen molar-refractivity contribution in [2.75, 3.05) is 18.0 Å². The first kappa shape index (κ1) is 13.7. The quantitative estimate of drug-likeness (QED) is 0.896. The van der Waals surface area contributed by atoms with Crippen molar-refractivity contribution in [3.63, 3.8) is 0 Å². The molecule has 0 amide bonds. The second kappa shape index (κ2) is 5.13. The van der Waals surface area contributed by atoms with Gasteiger partial charge in [-0.1, -0.05) is 0 Å². The van der Waals surface area contributed by atoms with Gasteiger partial charge in [-0.2, -0.15) is 0 Å². The van der Waals surface area contributed by atoms with Crippen molar-refractivity contribution in [3.8, 4) is 0 Å². The third-order valence-corrected chi connectivity index (χ3v) is 3.03. The highest BCUT2D eigenvalue weighted by atomic mass is 19.1. The Balaban J connectivity index is 2.35. The van der Waals surface area contributed by atoms with E-state index in [2.05, 4.69) is 0 Å². The minimum Gasteiger partial charge on any atom is -0.478 e. The summed E-state index contributed by atoms with van der Waals surface area (Å²) in [7, 11) is 0. The average molecular weight is 271 g/mol. The number of nitrogens with zero attached hydrogens (tertiary/aromatic N) is 1. The molecule has 19 heavy (non-hydrogen) atoms. The van der Waals surface area contributed by atoms with Gasteiger partial charge in [0.05, 0.1) is 23.5 Å². The Morgan fingerprint density at radius 2 is 1.84 bits per heavy atom. The molecule has 1 aromatic rings. The molecule has 0 spiro atoms. The molecular formula is C13H15F2NO3. The molecule has 1 N–H and O–H groups in total. The maximum atomic E-state index is 13.9. The number of carbonyl (C=O) groups is 1. The predicted molar refractivity (Wildman–Crippen MR) is 65.5 cm³/mol. The topological polar surface area (TPSA) is 49.8 Å². The van der Waals surface area contributed by atoms with Crippen LogP contribution in [0.5, 0.6) is 0 Å². The number of morpholine rings is 1. The Kier molecular flexibility index (Phi) is 3.71. The third-order valence-electron chi connectivity index (χ3n) is 3.03. The molecule has 0 bridgehead atoms. The highest BCUT2D eigenvalue weighted by molar-refractivity contribution is 5.88. The van der Waals surface area contributed by atoms with Crippen LogP contribution in [-0.2, 0) is 4.74 Å². The molecule has 1 saturated heterocycles. The van der Waals surface area contributed by atoms with Gasteiger partial charge in [-0.15, -0.1) is 0 Å². The number of benzene rings is 1. The molecule has 1 heterocycles. The second-order valence-corrected chi connectivity index (χ2v) is 4.75. The fourth-order valence-corrected chi connectivity index (χ4v) is 2.32. The first-order valence-electron chi connectivity index (χ1n) is 6.01. The summed E-state index contributed by atoms with van der Waals surface area (Å²) in [6.07, 6.45) is -0.185. The van der Waals surface area contributed by atoms with E-state index in [4.69, 9.17) is 9.84 Å². The number of hydrogen-bond acceptors (Lipinski definition) is 3. The van der Waals surface area contributed by atoms with Crippen LogP contribution in [0.25, 0.3) is 0 Å². The predicted octanol–water partition coefficient (Wildman–Crippen LogP) is 2.28. The molecule has 104 valence electrons. The largest absolute Gasteiger partial charge is 0.478 e. The average Bonchev–Trinajstić information content (AvgIpc) is 2.30. The van der Waals surface area contributed by atoms with E-state index in [1.807, 2.05) is 13.8 Å². The van der Waals surface area contributed by atoms with E-state index >= 15 is 0 Å². The molecule has 0 aromatic heterocycles. The number of halogens is 2. The fraction of sp³-hybridized carbons (Fsp3) is 0.462. The zero-order valence-corrected chi connectivity index (χ0v) is 10.7. The summed E-state index contributed by atoms with van der Waals surface area (Å²) >= 11 is 0. The van der Waals surface area contributed by atoms with E-state index in [0.29, 0.717) is 13.1 Å². The lowest BCUT2D eigenvalue weighted by molar-refractivity contribution is -0.00542. The minimum absolute atomic E-state index is 0.0736. The number of carboxylic acids is 1. The van der Waals surface area contributed by atoms with E-state index in [1.54, 1.807) is 4.90 Å². The van der Waals surface area contributed by atoms with Gasteiger partial charge >= 0.3 is 5.97 Å². The van der Waals surface area contributed by atoms with Gasteiger partial charge in [0.15, 0.2) is 0 Å². The molecule has 2 atom stereocenters. The van der Waals surface area contributed by atoms with Crippen LogP contribution in [0.3, 0.4) is 0 Å². The second-order valence-electron chi connectivity index (χ2n) is 4.75. The summed E-state index contributed by atoms with van der Waals surface area (Å²) in [6, 6.07) is 1.65. The molecule has 1 aliphatic rings. The summed E-state index contributed by atoms with van der Waals surface area (Å²) in [4.78, 5) is 12.4. The number of rotatable bonds is 2. The standard InChI is InChI=1S/C13H15F2NO3/c1-7-5-16(6-8(2)19-7)12-4-10(14)9(13(17)18)3-11(12)15/h3-4,7-8H,5-6H2,1-2H3,(H,17,18)/t7-,8-/m0/s1. The van der Waals surface area contributed by atoms with Crippen molar-refractivity contribution in [1.29, 1.82) is 0 Å². The molecular weight excluding hydrogens is 256 g/mol. The minimum atomic E-state index is -1.48. The molecule has 1 aliphatic heterocycles. The van der Waals surface area contributed by atoms with Gasteiger partial charge in [0.1, 0.15) is 11.6 Å². The van der Waals surface area contributed by atoms with Crippen molar-refractivity contribution in [1.82, 2.24) is 0 Å². The Labute approximate surface area is 109 Å². The number of ether oxygens (including phenoxy) is 1. The zero-order chi connectivity index (χ0) is 14.2. The maximum absolute atomic E-state index is 13.9. The molecule has 1 aromatic carbocycles. The summed E-state index contributed by atoms with van der Waals surface area (Å²) in [5.74, 6) is -3.15. The molecule has 0 unspecified atom stereocenters. The molecule has 2 rings (SSSR count). The van der Waals surface area contributed by atoms with Crippen molar-refractivity contribution >= 4 is 11.7 Å². The molecule has 0 saturated carbocycles. The number of aromatic carboxylic acids is 1. The maximum Gasteiger partial charge on any atom is 0.338 e. The highest BCUT2D eigenvalue weighted by Crippen LogP contribution is 2.26. The highest BCUT2D eigenvalue weighted by Gasteiger charge is 2.26. The van der Waals surface area contributed by atoms with Gasteiger partial charge in [0.25, 0.3) is 0 Å². The van der Waals surface area contributed by atoms with Crippen LogP contribution < -0.4 is 4.90 Å². The molecule has 0 aliphatic carbocycles. The van der Waals surface area contributed by atoms with Crippen LogP contribution >= 0.6 is 0 Å². The first-order valence-corrected chi connectivity index (χ1v) is 6.01. The van der Waals surface area contributed by atoms with Crippen molar-refractivity contribution in [3.05, 3.63) is 29.3 Å². The Bertz CT molecular complexity index is 497. The SMILES string of the molecule is C[C@H]1CN(c2cc(F)c(C(=O)O)cc2F)C[C@H](C)O1. The summed E-state index contributed by atoms with van der Waals surface area (Å²) in [6.45, 7) is 4.57. The van der Waals surface area contributed by atoms with Gasteiger partial charge in [0, 0.05) is 19.2 Å². The molecule has 1 fully saturated rings. The lowest BCUT2D eigenvalue weighted by atomic mass is 10.1. The van der Waals surface area contributed by atoms with E-state index in [0.717, 1.165) is 12.1 Å². The van der Waals surface area contributed by atoms with Gasteiger partial charge in [-0.25, -0.2) is 13.6 Å². The third kappa shape index (κ3) is 2.84. The van der Waals surface area contributed by atoms with Gasteiger partial charge < -0.3 is 14.7 Å². The van der Waals surface area contributed by atoms with Crippen LogP contribution in [-0.4, -0.2) is 36.4 Å². The Morgan fingerprint density at radius 3 is 2.37 bits per heavy atom. The van der Waals surface area contributed by atoms with Crippen LogP contribution in [0.1, 0.15) is 24.2 Å². The Morgan fingerprint density at radius 1 is 1.26 bits per heavy atom. The lowest BCUT2D eigenvalue weighted by Gasteiger charge is -2.37. The Hall–Kier alpha value is -1.69. The van der Waals surface area contributed by atoms with Crippen LogP contribution in [0.15, 0.2) is 12.1 Å². The summed E-state index contributed by atoms with van der Waals surface area (Å²) in [5, 5.41) is 8.74. The van der Waals surface area contributed by atoms with Crippen LogP contribution in [0, 0.1) is 11.6 Å². The zero-order valence-electron chi connectivity index (χ0n) is 10.7. The number of carboxylic acid groups (broad SMARTS) is 1. The van der Waals surface area contributed by atoms with Gasteiger partial charge in [-0.3, -0.25) is 0 Å². The van der Waals surface area contributed by atoms with Crippen LogP contribution in [0.4, 0.5) is 14.5 Å². The van der Waals surface area contributed by atoms with Gasteiger partial charge in [0.2, 0.25) is 0 Å². The molecule has 6 heteroatoms. The van der Waals surface area contributed by atoms with Crippen molar-refractivity contribution < 1.29 is 23.4 Å².